The van der Waals surface area contributed by atoms with Gasteiger partial charge in [0.05, 0.1) is 12.6 Å². The van der Waals surface area contributed by atoms with Crippen LogP contribution < -0.4 is 0 Å². The fourth-order valence-electron chi connectivity index (χ4n) is 1.19. The number of aliphatic hydroxyl groups is 1. The first-order valence-electron chi connectivity index (χ1n) is 4.35. The Hall–Kier alpha value is -1.69. The molecule has 0 aliphatic carbocycles. The van der Waals surface area contributed by atoms with Crippen molar-refractivity contribution in [1.29, 1.82) is 0 Å². The second-order valence-electron chi connectivity index (χ2n) is 3.02. The summed E-state index contributed by atoms with van der Waals surface area (Å²) in [6.07, 6.45) is 2.22. The molecule has 0 bridgehead atoms. The highest BCUT2D eigenvalue weighted by Crippen LogP contribution is 2.09. The van der Waals surface area contributed by atoms with E-state index in [-0.39, 0.29) is 6.61 Å². The number of rotatable bonds is 4. The molecule has 0 aromatic rings. The van der Waals surface area contributed by atoms with Gasteiger partial charge in [0.1, 0.15) is 6.61 Å². The lowest BCUT2D eigenvalue weighted by molar-refractivity contribution is -0.150. The molecule has 1 unspecified atom stereocenters. The van der Waals surface area contributed by atoms with Gasteiger partial charge < -0.3 is 9.84 Å². The third kappa shape index (κ3) is 2.63. The zero-order chi connectivity index (χ0) is 11.4. The summed E-state index contributed by atoms with van der Waals surface area (Å²) in [5.74, 6) is -1.54. The zero-order valence-corrected chi connectivity index (χ0v) is 8.17. The molecule has 1 heterocycles. The molecule has 1 rings (SSSR count). The summed E-state index contributed by atoms with van der Waals surface area (Å²) in [6.45, 7) is 0.581. The van der Waals surface area contributed by atoms with Crippen molar-refractivity contribution in [3.05, 3.63) is 12.2 Å². The number of aliphatic hydroxyl groups excluding tert-OH is 1. The molecule has 6 nitrogen and oxygen atoms in total. The average molecular weight is 213 g/mol. The van der Waals surface area contributed by atoms with E-state index in [9.17, 15) is 14.4 Å². The van der Waals surface area contributed by atoms with Crippen molar-refractivity contribution in [2.45, 2.75) is 13.0 Å². The highest BCUT2D eigenvalue weighted by Gasteiger charge is 2.31. The standard InChI is InChI=1S/C9H11NO5/c1-6(12)15-5-7(4-11)10-8(13)2-3-9(10)14/h2-3,7,11H,4-5H2,1H3. The molecule has 82 valence electrons. The lowest BCUT2D eigenvalue weighted by atomic mass is 10.3. The molecule has 1 aliphatic rings. The molecule has 0 spiro atoms. The van der Waals surface area contributed by atoms with Gasteiger partial charge in [0.2, 0.25) is 0 Å². The molecule has 0 aromatic carbocycles. The van der Waals surface area contributed by atoms with Gasteiger partial charge in [-0.15, -0.1) is 0 Å². The summed E-state index contributed by atoms with van der Waals surface area (Å²) in [5.41, 5.74) is 0. The minimum Gasteiger partial charge on any atom is -0.464 e. The van der Waals surface area contributed by atoms with Gasteiger partial charge in [0, 0.05) is 19.1 Å². The van der Waals surface area contributed by atoms with Gasteiger partial charge in [-0.25, -0.2) is 0 Å². The van der Waals surface area contributed by atoms with Crippen LogP contribution in [0.2, 0.25) is 0 Å². The molecule has 1 N–H and O–H groups in total. The van der Waals surface area contributed by atoms with Gasteiger partial charge >= 0.3 is 5.97 Å². The van der Waals surface area contributed by atoms with Crippen LogP contribution in [0, 0.1) is 0 Å². The van der Waals surface area contributed by atoms with Crippen molar-refractivity contribution >= 4 is 17.8 Å². The van der Waals surface area contributed by atoms with E-state index in [1.54, 1.807) is 0 Å². The van der Waals surface area contributed by atoms with Crippen LogP contribution in [0.4, 0.5) is 0 Å². The minimum atomic E-state index is -0.816. The molecular weight excluding hydrogens is 202 g/mol. The Morgan fingerprint density at radius 3 is 2.40 bits per heavy atom. The van der Waals surface area contributed by atoms with Crippen molar-refractivity contribution in [3.8, 4) is 0 Å². The third-order valence-electron chi connectivity index (χ3n) is 1.90. The highest BCUT2D eigenvalue weighted by atomic mass is 16.5. The lowest BCUT2D eigenvalue weighted by Gasteiger charge is -2.23. The Balaban J connectivity index is 2.62. The Morgan fingerprint density at radius 1 is 1.47 bits per heavy atom. The summed E-state index contributed by atoms with van der Waals surface area (Å²) in [5, 5.41) is 8.97. The van der Waals surface area contributed by atoms with Gasteiger partial charge in [-0.3, -0.25) is 19.3 Å². The second-order valence-corrected chi connectivity index (χ2v) is 3.02. The summed E-state index contributed by atoms with van der Waals surface area (Å²) in [6, 6.07) is -0.816. The topological polar surface area (TPSA) is 83.9 Å². The van der Waals surface area contributed by atoms with E-state index in [1.165, 1.54) is 6.92 Å². The lowest BCUT2D eigenvalue weighted by Crippen LogP contribution is -2.45. The molecule has 0 fully saturated rings. The highest BCUT2D eigenvalue weighted by molar-refractivity contribution is 6.13. The Kier molecular flexibility index (Phi) is 3.56. The molecule has 6 heteroatoms. The van der Waals surface area contributed by atoms with E-state index >= 15 is 0 Å². The molecule has 0 saturated carbocycles. The molecule has 0 aromatic heterocycles. The van der Waals surface area contributed by atoms with E-state index in [1.807, 2.05) is 0 Å². The van der Waals surface area contributed by atoms with Gasteiger partial charge in [0.25, 0.3) is 11.8 Å². The predicted molar refractivity (Wildman–Crippen MR) is 48.5 cm³/mol. The van der Waals surface area contributed by atoms with Crippen LogP contribution in [0.3, 0.4) is 0 Å². The van der Waals surface area contributed by atoms with Crippen LogP contribution in [0.5, 0.6) is 0 Å². The van der Waals surface area contributed by atoms with E-state index in [0.29, 0.717) is 0 Å². The number of hydrogen-bond donors (Lipinski definition) is 1. The maximum Gasteiger partial charge on any atom is 0.302 e. The number of hydrogen-bond acceptors (Lipinski definition) is 5. The van der Waals surface area contributed by atoms with Crippen molar-refractivity contribution in [2.24, 2.45) is 0 Å². The molecular formula is C9H11NO5. The van der Waals surface area contributed by atoms with Crippen LogP contribution >= 0.6 is 0 Å². The smallest absolute Gasteiger partial charge is 0.302 e. The van der Waals surface area contributed by atoms with Crippen LogP contribution in [0.1, 0.15) is 6.92 Å². The fraction of sp³-hybridized carbons (Fsp3) is 0.444. The van der Waals surface area contributed by atoms with Crippen LogP contribution in [-0.2, 0) is 19.1 Å². The first-order valence-corrected chi connectivity index (χ1v) is 4.35. The second kappa shape index (κ2) is 4.70. The Bertz CT molecular complexity index is 304. The SMILES string of the molecule is CC(=O)OCC(CO)N1C(=O)C=CC1=O. The molecule has 15 heavy (non-hydrogen) atoms. The van der Waals surface area contributed by atoms with Crippen molar-refractivity contribution in [3.63, 3.8) is 0 Å². The van der Waals surface area contributed by atoms with Crippen molar-refractivity contribution in [2.75, 3.05) is 13.2 Å². The van der Waals surface area contributed by atoms with Crippen molar-refractivity contribution < 1.29 is 24.2 Å². The first-order chi connectivity index (χ1) is 7.06. The molecule has 0 saturated heterocycles. The van der Waals surface area contributed by atoms with Crippen LogP contribution in [0.15, 0.2) is 12.2 Å². The number of amides is 2. The van der Waals surface area contributed by atoms with Gasteiger partial charge in [-0.2, -0.15) is 0 Å². The molecule has 2 amide bonds. The average Bonchev–Trinajstić information content (AvgIpc) is 2.49. The number of nitrogens with zero attached hydrogens (tertiary/aromatic N) is 1. The number of carbonyl (C=O) groups is 3. The minimum absolute atomic E-state index is 0.189. The number of ether oxygens (including phenoxy) is 1. The maximum absolute atomic E-state index is 11.2. The van der Waals surface area contributed by atoms with Gasteiger partial charge in [-0.1, -0.05) is 0 Å². The molecule has 0 radical (unpaired) electrons. The Labute approximate surface area is 86.1 Å². The van der Waals surface area contributed by atoms with Crippen molar-refractivity contribution in [1.82, 2.24) is 4.90 Å². The molecule has 1 aliphatic heterocycles. The predicted octanol–water partition coefficient (Wildman–Crippen LogP) is -1.16. The van der Waals surface area contributed by atoms with E-state index in [0.717, 1.165) is 17.1 Å². The largest absolute Gasteiger partial charge is 0.464 e. The summed E-state index contributed by atoms with van der Waals surface area (Å²) >= 11 is 0. The maximum atomic E-state index is 11.2. The number of carbonyl (C=O) groups excluding carboxylic acids is 3. The number of esters is 1. The van der Waals surface area contributed by atoms with E-state index < -0.39 is 30.4 Å². The van der Waals surface area contributed by atoms with Crippen LogP contribution in [0.25, 0.3) is 0 Å². The summed E-state index contributed by atoms with van der Waals surface area (Å²) in [4.78, 5) is 33.8. The van der Waals surface area contributed by atoms with Gasteiger partial charge in [-0.05, 0) is 0 Å². The summed E-state index contributed by atoms with van der Waals surface area (Å²) in [7, 11) is 0. The third-order valence-corrected chi connectivity index (χ3v) is 1.90. The summed E-state index contributed by atoms with van der Waals surface area (Å²) < 4.78 is 4.63. The monoisotopic (exact) mass is 213 g/mol. The first kappa shape index (κ1) is 11.4. The normalized spacial score (nSPS) is 17.1. The van der Waals surface area contributed by atoms with E-state index in [4.69, 9.17) is 5.11 Å². The zero-order valence-electron chi connectivity index (χ0n) is 8.17. The van der Waals surface area contributed by atoms with Crippen LogP contribution in [-0.4, -0.2) is 47.0 Å². The quantitative estimate of drug-likeness (QED) is 0.470. The Morgan fingerprint density at radius 2 is 2.00 bits per heavy atom. The van der Waals surface area contributed by atoms with Gasteiger partial charge in [0.15, 0.2) is 0 Å². The van der Waals surface area contributed by atoms with E-state index in [2.05, 4.69) is 4.74 Å². The fourth-order valence-corrected chi connectivity index (χ4v) is 1.19. The number of imide groups is 1. The molecule has 1 atom stereocenters.